The Kier molecular flexibility index (Phi) is 3.23. The van der Waals surface area contributed by atoms with Crippen molar-refractivity contribution in [2.45, 2.75) is 18.9 Å². The van der Waals surface area contributed by atoms with Crippen molar-refractivity contribution in [3.05, 3.63) is 17.3 Å². The lowest BCUT2D eigenvalue weighted by Crippen LogP contribution is -2.47. The molecule has 1 aliphatic heterocycles. The molecular formula is C12H13N5O2S. The number of aromatic nitrogens is 2. The Morgan fingerprint density at radius 3 is 2.95 bits per heavy atom. The van der Waals surface area contributed by atoms with E-state index in [1.807, 2.05) is 0 Å². The zero-order valence-corrected chi connectivity index (χ0v) is 11.4. The number of piperidine rings is 1. The van der Waals surface area contributed by atoms with Gasteiger partial charge in [-0.15, -0.1) is 11.3 Å². The van der Waals surface area contributed by atoms with Crippen LogP contribution in [0.25, 0.3) is 10.3 Å². The topological polar surface area (TPSA) is 110 Å². The van der Waals surface area contributed by atoms with Crippen LogP contribution in [0.2, 0.25) is 0 Å². The average molecular weight is 291 g/mol. The Morgan fingerprint density at radius 1 is 1.45 bits per heavy atom. The first-order valence-electron chi connectivity index (χ1n) is 6.21. The number of rotatable bonds is 2. The maximum absolute atomic E-state index is 12.2. The van der Waals surface area contributed by atoms with Crippen LogP contribution in [0.3, 0.4) is 0 Å². The molecule has 1 saturated heterocycles. The molecule has 3 heterocycles. The van der Waals surface area contributed by atoms with E-state index in [1.165, 1.54) is 11.3 Å². The largest absolute Gasteiger partial charge is 0.396 e. The highest BCUT2D eigenvalue weighted by molar-refractivity contribution is 7.21. The van der Waals surface area contributed by atoms with E-state index >= 15 is 0 Å². The first kappa shape index (κ1) is 12.8. The third kappa shape index (κ3) is 2.29. The molecule has 1 aliphatic rings. The molecular weight excluding hydrogens is 278 g/mol. The predicted octanol–water partition coefficient (Wildman–Crippen LogP) is 0.282. The Balaban J connectivity index is 1.79. The smallest absolute Gasteiger partial charge is 0.263 e. The lowest BCUT2D eigenvalue weighted by atomic mass is 10.1. The van der Waals surface area contributed by atoms with Gasteiger partial charge in [-0.3, -0.25) is 9.59 Å². The van der Waals surface area contributed by atoms with E-state index in [9.17, 15) is 9.59 Å². The molecule has 0 aliphatic carbocycles. The number of nitrogens with two attached hydrogens (primary N) is 1. The third-order valence-corrected chi connectivity index (χ3v) is 4.27. The van der Waals surface area contributed by atoms with Gasteiger partial charge < -0.3 is 16.4 Å². The summed E-state index contributed by atoms with van der Waals surface area (Å²) in [4.78, 5) is 32.6. The quantitative estimate of drug-likeness (QED) is 0.736. The molecule has 4 N–H and O–H groups in total. The summed E-state index contributed by atoms with van der Waals surface area (Å²) in [6.07, 6.45) is 4.18. The number of fused-ring (bicyclic) bond motifs is 1. The number of amides is 2. The van der Waals surface area contributed by atoms with Crippen LogP contribution in [0, 0.1) is 0 Å². The minimum Gasteiger partial charge on any atom is -0.396 e. The molecule has 0 saturated carbocycles. The summed E-state index contributed by atoms with van der Waals surface area (Å²) in [5.41, 5.74) is 6.86. The summed E-state index contributed by atoms with van der Waals surface area (Å²) >= 11 is 1.22. The maximum Gasteiger partial charge on any atom is 0.263 e. The highest BCUT2D eigenvalue weighted by Gasteiger charge is 2.23. The normalized spacial score (nSPS) is 18.8. The van der Waals surface area contributed by atoms with Gasteiger partial charge in [0.05, 0.1) is 5.69 Å². The first-order chi connectivity index (χ1) is 9.65. The molecule has 2 amide bonds. The standard InChI is InChI=1S/C12H13N5O2S/c13-8-9-12(15-4-3-14-9)20-10(8)11(19)17-6-1-2-7(18)16-5-6/h3-4,6H,1-2,5,13H2,(H,16,18)(H,17,19). The Hall–Kier alpha value is -2.22. The maximum atomic E-state index is 12.2. The number of hydrogen-bond acceptors (Lipinski definition) is 6. The van der Waals surface area contributed by atoms with Crippen LogP contribution < -0.4 is 16.4 Å². The average Bonchev–Trinajstić information content (AvgIpc) is 2.79. The number of carbonyl (C=O) groups is 2. The Bertz CT molecular complexity index is 674. The van der Waals surface area contributed by atoms with Crippen molar-refractivity contribution >= 4 is 39.2 Å². The Morgan fingerprint density at radius 2 is 2.25 bits per heavy atom. The number of nitrogens with one attached hydrogen (secondary N) is 2. The van der Waals surface area contributed by atoms with Crippen LogP contribution in [-0.4, -0.2) is 34.4 Å². The van der Waals surface area contributed by atoms with Crippen LogP contribution in [0.15, 0.2) is 12.4 Å². The van der Waals surface area contributed by atoms with Crippen molar-refractivity contribution in [2.24, 2.45) is 0 Å². The molecule has 8 heteroatoms. The minimum absolute atomic E-state index is 0.0188. The van der Waals surface area contributed by atoms with Gasteiger partial charge in [-0.1, -0.05) is 0 Å². The SMILES string of the molecule is Nc1c(C(=O)NC2CCC(=O)NC2)sc2nccnc12. The first-order valence-corrected chi connectivity index (χ1v) is 7.03. The second kappa shape index (κ2) is 5.04. The summed E-state index contributed by atoms with van der Waals surface area (Å²) in [5, 5.41) is 5.60. The van der Waals surface area contributed by atoms with E-state index in [1.54, 1.807) is 12.4 Å². The van der Waals surface area contributed by atoms with Crippen LogP contribution in [-0.2, 0) is 4.79 Å². The van der Waals surface area contributed by atoms with Crippen molar-refractivity contribution in [3.63, 3.8) is 0 Å². The van der Waals surface area contributed by atoms with E-state index in [4.69, 9.17) is 5.73 Å². The highest BCUT2D eigenvalue weighted by Crippen LogP contribution is 2.30. The number of thiophene rings is 1. The molecule has 3 rings (SSSR count). The molecule has 20 heavy (non-hydrogen) atoms. The van der Waals surface area contributed by atoms with Gasteiger partial charge in [0.1, 0.15) is 15.2 Å². The van der Waals surface area contributed by atoms with Gasteiger partial charge in [-0.2, -0.15) is 0 Å². The van der Waals surface area contributed by atoms with Crippen molar-refractivity contribution in [3.8, 4) is 0 Å². The molecule has 2 aromatic rings. The van der Waals surface area contributed by atoms with Gasteiger partial charge in [0.25, 0.3) is 5.91 Å². The molecule has 1 fully saturated rings. The molecule has 0 spiro atoms. The van der Waals surface area contributed by atoms with Crippen LogP contribution in [0.4, 0.5) is 5.69 Å². The van der Waals surface area contributed by atoms with E-state index in [0.717, 1.165) is 0 Å². The van der Waals surface area contributed by atoms with Crippen LogP contribution in [0.5, 0.6) is 0 Å². The third-order valence-electron chi connectivity index (χ3n) is 3.17. The second-order valence-corrected chi connectivity index (χ2v) is 5.57. The lowest BCUT2D eigenvalue weighted by molar-refractivity contribution is -0.122. The van der Waals surface area contributed by atoms with Gasteiger partial charge in [-0.25, -0.2) is 9.97 Å². The summed E-state index contributed by atoms with van der Waals surface area (Å²) in [5.74, 6) is -0.223. The monoisotopic (exact) mass is 291 g/mol. The number of hydrogen-bond donors (Lipinski definition) is 3. The molecule has 0 aromatic carbocycles. The second-order valence-electron chi connectivity index (χ2n) is 4.57. The lowest BCUT2D eigenvalue weighted by Gasteiger charge is -2.23. The molecule has 1 unspecified atom stereocenters. The van der Waals surface area contributed by atoms with Crippen LogP contribution >= 0.6 is 11.3 Å². The number of nitrogens with zero attached hydrogens (tertiary/aromatic N) is 2. The highest BCUT2D eigenvalue weighted by atomic mass is 32.1. The minimum atomic E-state index is -0.242. The molecule has 2 aromatic heterocycles. The summed E-state index contributed by atoms with van der Waals surface area (Å²) in [7, 11) is 0. The zero-order valence-electron chi connectivity index (χ0n) is 10.5. The molecule has 7 nitrogen and oxygen atoms in total. The molecule has 0 bridgehead atoms. The fourth-order valence-electron chi connectivity index (χ4n) is 2.12. The van der Waals surface area contributed by atoms with E-state index in [-0.39, 0.29) is 17.9 Å². The van der Waals surface area contributed by atoms with Crippen molar-refractivity contribution in [1.82, 2.24) is 20.6 Å². The van der Waals surface area contributed by atoms with E-state index in [0.29, 0.717) is 40.3 Å². The van der Waals surface area contributed by atoms with Gasteiger partial charge in [0.2, 0.25) is 5.91 Å². The van der Waals surface area contributed by atoms with Gasteiger partial charge in [0.15, 0.2) is 0 Å². The molecule has 1 atom stereocenters. The summed E-state index contributed by atoms with van der Waals surface area (Å²) < 4.78 is 0. The van der Waals surface area contributed by atoms with Crippen molar-refractivity contribution in [2.75, 3.05) is 12.3 Å². The molecule has 104 valence electrons. The van der Waals surface area contributed by atoms with E-state index < -0.39 is 0 Å². The summed E-state index contributed by atoms with van der Waals surface area (Å²) in [6, 6.07) is -0.0641. The Labute approximate surface area is 118 Å². The summed E-state index contributed by atoms with van der Waals surface area (Å²) in [6.45, 7) is 0.450. The van der Waals surface area contributed by atoms with Gasteiger partial charge >= 0.3 is 0 Å². The number of nitrogen functional groups attached to an aromatic ring is 1. The van der Waals surface area contributed by atoms with Crippen LogP contribution in [0.1, 0.15) is 22.5 Å². The fraction of sp³-hybridized carbons (Fsp3) is 0.333. The van der Waals surface area contributed by atoms with E-state index in [2.05, 4.69) is 20.6 Å². The number of anilines is 1. The number of carbonyl (C=O) groups excluding carboxylic acids is 2. The van der Waals surface area contributed by atoms with Gasteiger partial charge in [-0.05, 0) is 6.42 Å². The van der Waals surface area contributed by atoms with Crippen molar-refractivity contribution in [1.29, 1.82) is 0 Å². The van der Waals surface area contributed by atoms with Crippen molar-refractivity contribution < 1.29 is 9.59 Å². The predicted molar refractivity (Wildman–Crippen MR) is 75.3 cm³/mol. The molecule has 0 radical (unpaired) electrons. The zero-order chi connectivity index (χ0) is 14.1. The fourth-order valence-corrected chi connectivity index (χ4v) is 3.04. The van der Waals surface area contributed by atoms with Gasteiger partial charge in [0, 0.05) is 31.4 Å².